The van der Waals surface area contributed by atoms with E-state index in [9.17, 15) is 9.59 Å². The van der Waals surface area contributed by atoms with Crippen molar-refractivity contribution in [1.29, 1.82) is 0 Å². The molecule has 136 valence electrons. The average Bonchev–Trinajstić information content (AvgIpc) is 3.46. The number of nitrogens with one attached hydrogen (secondary N) is 1. The van der Waals surface area contributed by atoms with Crippen molar-refractivity contribution in [3.8, 4) is 0 Å². The van der Waals surface area contributed by atoms with Gasteiger partial charge in [-0.1, -0.05) is 44.2 Å². The van der Waals surface area contributed by atoms with E-state index in [1.807, 2.05) is 23.1 Å². The summed E-state index contributed by atoms with van der Waals surface area (Å²) in [6, 6.07) is 10.3. The van der Waals surface area contributed by atoms with Crippen molar-refractivity contribution in [3.05, 3.63) is 35.9 Å². The van der Waals surface area contributed by atoms with Crippen molar-refractivity contribution in [2.75, 3.05) is 13.1 Å². The summed E-state index contributed by atoms with van der Waals surface area (Å²) in [7, 11) is 0. The maximum Gasteiger partial charge on any atom is 0.225 e. The molecule has 0 bridgehead atoms. The maximum atomic E-state index is 12.8. The fourth-order valence-corrected chi connectivity index (χ4v) is 3.68. The van der Waals surface area contributed by atoms with Gasteiger partial charge in [0.15, 0.2) is 0 Å². The van der Waals surface area contributed by atoms with Gasteiger partial charge in [0.1, 0.15) is 0 Å². The molecule has 0 aromatic heterocycles. The van der Waals surface area contributed by atoms with Crippen molar-refractivity contribution in [2.45, 2.75) is 52.0 Å². The molecule has 1 aliphatic carbocycles. The Kier molecular flexibility index (Phi) is 5.77. The van der Waals surface area contributed by atoms with E-state index in [4.69, 9.17) is 0 Å². The molecule has 1 atom stereocenters. The van der Waals surface area contributed by atoms with Crippen molar-refractivity contribution in [1.82, 2.24) is 10.2 Å². The molecular weight excluding hydrogens is 312 g/mol. The molecular formula is C21H30N2O2. The Balaban J connectivity index is 1.55. The van der Waals surface area contributed by atoms with Crippen LogP contribution < -0.4 is 5.32 Å². The third-order valence-electron chi connectivity index (χ3n) is 5.33. The number of hydrogen-bond donors (Lipinski definition) is 1. The molecule has 2 amide bonds. The predicted octanol–water partition coefficient (Wildman–Crippen LogP) is 3.54. The van der Waals surface area contributed by atoms with E-state index in [1.54, 1.807) is 0 Å². The molecule has 1 aliphatic heterocycles. The molecule has 1 heterocycles. The number of carbonyl (C=O) groups is 2. The number of likely N-dealkylation sites (tertiary alicyclic amines) is 1. The highest BCUT2D eigenvalue weighted by Gasteiger charge is 2.36. The van der Waals surface area contributed by atoms with Crippen LogP contribution >= 0.6 is 0 Å². The lowest BCUT2D eigenvalue weighted by Gasteiger charge is -2.32. The Bertz CT molecular complexity index is 587. The molecule has 0 radical (unpaired) electrons. The lowest BCUT2D eigenvalue weighted by molar-refractivity contribution is -0.136. The van der Waals surface area contributed by atoms with Crippen LogP contribution in [-0.4, -0.2) is 29.8 Å². The first-order valence-electron chi connectivity index (χ1n) is 9.68. The molecule has 3 rings (SSSR count). The molecule has 0 spiro atoms. The molecule has 2 fully saturated rings. The number of carbonyl (C=O) groups excluding carboxylic acids is 2. The van der Waals surface area contributed by atoms with Crippen LogP contribution in [0.3, 0.4) is 0 Å². The van der Waals surface area contributed by atoms with E-state index in [-0.39, 0.29) is 23.8 Å². The van der Waals surface area contributed by atoms with E-state index >= 15 is 0 Å². The highest BCUT2D eigenvalue weighted by molar-refractivity contribution is 5.82. The second-order valence-corrected chi connectivity index (χ2v) is 7.98. The Labute approximate surface area is 151 Å². The van der Waals surface area contributed by atoms with Crippen molar-refractivity contribution in [3.63, 3.8) is 0 Å². The van der Waals surface area contributed by atoms with E-state index in [0.29, 0.717) is 11.8 Å². The lowest BCUT2D eigenvalue weighted by atomic mass is 9.93. The first kappa shape index (κ1) is 18.0. The third-order valence-corrected chi connectivity index (χ3v) is 5.33. The van der Waals surface area contributed by atoms with E-state index in [0.717, 1.165) is 45.2 Å². The monoisotopic (exact) mass is 342 g/mol. The minimum atomic E-state index is 0.0293. The van der Waals surface area contributed by atoms with Crippen LogP contribution in [0.4, 0.5) is 0 Å². The van der Waals surface area contributed by atoms with Gasteiger partial charge in [-0.3, -0.25) is 9.59 Å². The van der Waals surface area contributed by atoms with Crippen LogP contribution in [0.25, 0.3) is 0 Å². The van der Waals surface area contributed by atoms with E-state index < -0.39 is 0 Å². The predicted molar refractivity (Wildman–Crippen MR) is 98.8 cm³/mol. The van der Waals surface area contributed by atoms with Gasteiger partial charge in [0.2, 0.25) is 11.8 Å². The topological polar surface area (TPSA) is 49.4 Å². The lowest BCUT2D eigenvalue weighted by Crippen LogP contribution is -2.44. The number of benzene rings is 1. The van der Waals surface area contributed by atoms with Gasteiger partial charge in [-0.05, 0) is 43.6 Å². The highest BCUT2D eigenvalue weighted by atomic mass is 16.2. The van der Waals surface area contributed by atoms with Gasteiger partial charge in [0.05, 0.1) is 6.04 Å². The Morgan fingerprint density at radius 1 is 1.04 bits per heavy atom. The number of rotatable bonds is 6. The summed E-state index contributed by atoms with van der Waals surface area (Å²) in [5, 5.41) is 3.27. The van der Waals surface area contributed by atoms with E-state index in [2.05, 4.69) is 31.3 Å². The summed E-state index contributed by atoms with van der Waals surface area (Å²) >= 11 is 0. The van der Waals surface area contributed by atoms with Crippen LogP contribution in [-0.2, 0) is 9.59 Å². The normalized spacial score (nSPS) is 19.7. The molecule has 2 aliphatic rings. The Morgan fingerprint density at radius 3 is 2.24 bits per heavy atom. The summed E-state index contributed by atoms with van der Waals surface area (Å²) in [6.45, 7) is 5.83. The summed E-state index contributed by atoms with van der Waals surface area (Å²) in [6.07, 6.45) is 4.61. The zero-order valence-corrected chi connectivity index (χ0v) is 15.4. The number of piperidine rings is 1. The first-order valence-corrected chi connectivity index (χ1v) is 9.68. The first-order chi connectivity index (χ1) is 12.0. The molecule has 1 unspecified atom stereocenters. The molecule has 4 nitrogen and oxygen atoms in total. The van der Waals surface area contributed by atoms with Crippen molar-refractivity contribution >= 4 is 11.8 Å². The summed E-state index contributed by atoms with van der Waals surface area (Å²) in [5.41, 5.74) is 1.17. The molecule has 1 aromatic carbocycles. The standard InChI is InChI=1S/C21H30N2O2/c1-15(2)14-19(16-6-4-3-5-7-16)22-20(24)17-10-12-23(13-11-17)21(25)18-8-9-18/h3-7,15,17-19H,8-14H2,1-2H3,(H,22,24). The fourth-order valence-electron chi connectivity index (χ4n) is 3.68. The van der Waals surface area contributed by atoms with Crippen LogP contribution in [0.1, 0.15) is 57.6 Å². The van der Waals surface area contributed by atoms with Gasteiger partial charge < -0.3 is 10.2 Å². The summed E-state index contributed by atoms with van der Waals surface area (Å²) in [5.74, 6) is 1.28. The minimum absolute atomic E-state index is 0.0293. The number of amides is 2. The van der Waals surface area contributed by atoms with Crippen molar-refractivity contribution in [2.24, 2.45) is 17.8 Å². The maximum absolute atomic E-state index is 12.8. The van der Waals surface area contributed by atoms with Gasteiger partial charge in [0.25, 0.3) is 0 Å². The van der Waals surface area contributed by atoms with E-state index in [1.165, 1.54) is 5.56 Å². The largest absolute Gasteiger partial charge is 0.349 e. The molecule has 1 aromatic rings. The molecule has 1 N–H and O–H groups in total. The second kappa shape index (κ2) is 8.03. The quantitative estimate of drug-likeness (QED) is 0.860. The smallest absolute Gasteiger partial charge is 0.225 e. The second-order valence-electron chi connectivity index (χ2n) is 7.98. The summed E-state index contributed by atoms with van der Waals surface area (Å²) < 4.78 is 0. The SMILES string of the molecule is CC(C)CC(NC(=O)C1CCN(C(=O)C2CC2)CC1)c1ccccc1. The van der Waals surface area contributed by atoms with Crippen LogP contribution in [0.5, 0.6) is 0 Å². The molecule has 1 saturated carbocycles. The van der Waals surface area contributed by atoms with Gasteiger partial charge in [-0.15, -0.1) is 0 Å². The number of hydrogen-bond acceptors (Lipinski definition) is 2. The number of nitrogens with zero attached hydrogens (tertiary/aromatic N) is 1. The van der Waals surface area contributed by atoms with Gasteiger partial charge in [0, 0.05) is 24.9 Å². The Morgan fingerprint density at radius 2 is 1.68 bits per heavy atom. The fraction of sp³-hybridized carbons (Fsp3) is 0.619. The molecule has 4 heteroatoms. The third kappa shape index (κ3) is 4.83. The minimum Gasteiger partial charge on any atom is -0.349 e. The van der Waals surface area contributed by atoms with Gasteiger partial charge in [-0.25, -0.2) is 0 Å². The Hall–Kier alpha value is -1.84. The highest BCUT2D eigenvalue weighted by Crippen LogP contribution is 2.32. The van der Waals surface area contributed by atoms with Crippen LogP contribution in [0, 0.1) is 17.8 Å². The van der Waals surface area contributed by atoms with Crippen molar-refractivity contribution < 1.29 is 9.59 Å². The summed E-state index contributed by atoms with van der Waals surface area (Å²) in [4.78, 5) is 26.9. The van der Waals surface area contributed by atoms with Gasteiger partial charge in [-0.2, -0.15) is 0 Å². The zero-order chi connectivity index (χ0) is 17.8. The van der Waals surface area contributed by atoms with Crippen LogP contribution in [0.15, 0.2) is 30.3 Å². The van der Waals surface area contributed by atoms with Gasteiger partial charge >= 0.3 is 0 Å². The average molecular weight is 342 g/mol. The molecule has 1 saturated heterocycles. The zero-order valence-electron chi connectivity index (χ0n) is 15.4. The molecule has 25 heavy (non-hydrogen) atoms. The van der Waals surface area contributed by atoms with Crippen LogP contribution in [0.2, 0.25) is 0 Å².